The standard InChI is InChI=1S/C27H22N2O3/c30-27(29-22-11-5-7-17-6-1-2-8-19(17)22)21-15-24(28-23-10-4-3-9-20(21)23)18-12-13-25-26(14-18)32-16-31-25/h1-4,6,8-10,12-15,22H,5,7,11,16H2,(H,29,30)/t22-/m1/s1. The highest BCUT2D eigenvalue weighted by molar-refractivity contribution is 6.07. The van der Waals surface area contributed by atoms with E-state index >= 15 is 0 Å². The van der Waals surface area contributed by atoms with Crippen molar-refractivity contribution in [2.45, 2.75) is 25.3 Å². The summed E-state index contributed by atoms with van der Waals surface area (Å²) in [7, 11) is 0. The molecule has 3 aromatic carbocycles. The Hall–Kier alpha value is -3.86. The first kappa shape index (κ1) is 18.9. The van der Waals surface area contributed by atoms with Crippen molar-refractivity contribution >= 4 is 16.8 Å². The van der Waals surface area contributed by atoms with Gasteiger partial charge in [0.25, 0.3) is 5.91 Å². The molecule has 2 aliphatic rings. The van der Waals surface area contributed by atoms with E-state index in [1.165, 1.54) is 11.1 Å². The minimum absolute atomic E-state index is 0.0216. The molecule has 0 radical (unpaired) electrons. The number of hydrogen-bond donors (Lipinski definition) is 1. The van der Waals surface area contributed by atoms with E-state index in [1.54, 1.807) is 0 Å². The van der Waals surface area contributed by atoms with Gasteiger partial charge in [0.2, 0.25) is 6.79 Å². The zero-order valence-electron chi connectivity index (χ0n) is 17.5. The zero-order chi connectivity index (χ0) is 21.5. The molecule has 0 saturated carbocycles. The number of fused-ring (bicyclic) bond motifs is 3. The predicted molar refractivity (Wildman–Crippen MR) is 123 cm³/mol. The fourth-order valence-electron chi connectivity index (χ4n) is 4.71. The summed E-state index contributed by atoms with van der Waals surface area (Å²) >= 11 is 0. The number of carbonyl (C=O) groups is 1. The van der Waals surface area contributed by atoms with Gasteiger partial charge >= 0.3 is 0 Å². The second-order valence-electron chi connectivity index (χ2n) is 8.26. The molecule has 1 aliphatic heterocycles. The summed E-state index contributed by atoms with van der Waals surface area (Å²) in [6.07, 6.45) is 3.08. The Labute approximate surface area is 186 Å². The van der Waals surface area contributed by atoms with Gasteiger partial charge in [0.1, 0.15) is 0 Å². The van der Waals surface area contributed by atoms with Crippen molar-refractivity contribution in [3.8, 4) is 22.8 Å². The quantitative estimate of drug-likeness (QED) is 0.478. The van der Waals surface area contributed by atoms with Crippen LogP contribution in [0.4, 0.5) is 0 Å². The maximum Gasteiger partial charge on any atom is 0.252 e. The van der Waals surface area contributed by atoms with Gasteiger partial charge in [-0.15, -0.1) is 0 Å². The lowest BCUT2D eigenvalue weighted by Gasteiger charge is -2.26. The lowest BCUT2D eigenvalue weighted by molar-refractivity contribution is 0.0934. The number of ether oxygens (including phenoxy) is 2. The molecule has 158 valence electrons. The molecule has 0 saturated heterocycles. The van der Waals surface area contributed by atoms with Crippen molar-refractivity contribution < 1.29 is 14.3 Å². The number of nitrogens with one attached hydrogen (secondary N) is 1. The number of pyridine rings is 1. The summed E-state index contributed by atoms with van der Waals surface area (Å²) in [6, 6.07) is 23.8. The Balaban J connectivity index is 1.40. The van der Waals surface area contributed by atoms with E-state index in [2.05, 4.69) is 23.5 Å². The van der Waals surface area contributed by atoms with E-state index in [1.807, 2.05) is 54.6 Å². The van der Waals surface area contributed by atoms with Crippen LogP contribution in [0.3, 0.4) is 0 Å². The molecular weight excluding hydrogens is 400 g/mol. The van der Waals surface area contributed by atoms with Gasteiger partial charge in [0, 0.05) is 10.9 Å². The Morgan fingerprint density at radius 1 is 0.938 bits per heavy atom. The number of nitrogens with zero attached hydrogens (tertiary/aromatic N) is 1. The van der Waals surface area contributed by atoms with Gasteiger partial charge < -0.3 is 14.8 Å². The second kappa shape index (κ2) is 7.68. The normalized spacial score (nSPS) is 16.6. The van der Waals surface area contributed by atoms with Crippen LogP contribution in [-0.2, 0) is 6.42 Å². The topological polar surface area (TPSA) is 60.5 Å². The van der Waals surface area contributed by atoms with Crippen LogP contribution in [-0.4, -0.2) is 17.7 Å². The van der Waals surface area contributed by atoms with Gasteiger partial charge in [-0.25, -0.2) is 4.98 Å². The number of hydrogen-bond acceptors (Lipinski definition) is 4. The van der Waals surface area contributed by atoms with Crippen molar-refractivity contribution in [2.75, 3.05) is 6.79 Å². The number of aryl methyl sites for hydroxylation is 1. The van der Waals surface area contributed by atoms with Gasteiger partial charge in [-0.3, -0.25) is 4.79 Å². The number of rotatable bonds is 3. The average Bonchev–Trinajstić information content (AvgIpc) is 3.31. The van der Waals surface area contributed by atoms with E-state index < -0.39 is 0 Å². The summed E-state index contributed by atoms with van der Waals surface area (Å²) < 4.78 is 11.0. The fourth-order valence-corrected chi connectivity index (χ4v) is 4.71. The van der Waals surface area contributed by atoms with E-state index in [0.717, 1.165) is 47.2 Å². The lowest BCUT2D eigenvalue weighted by atomic mass is 9.87. The molecule has 5 nitrogen and oxygen atoms in total. The highest BCUT2D eigenvalue weighted by Crippen LogP contribution is 2.36. The van der Waals surface area contributed by atoms with Gasteiger partial charge in [0.15, 0.2) is 11.5 Å². The van der Waals surface area contributed by atoms with Gasteiger partial charge in [-0.1, -0.05) is 42.5 Å². The Morgan fingerprint density at radius 3 is 2.75 bits per heavy atom. The van der Waals surface area contributed by atoms with Crippen LogP contribution in [0.1, 0.15) is 40.4 Å². The maximum absolute atomic E-state index is 13.5. The summed E-state index contributed by atoms with van der Waals surface area (Å²) in [5, 5.41) is 4.14. The monoisotopic (exact) mass is 422 g/mol. The van der Waals surface area contributed by atoms with Crippen LogP contribution in [0, 0.1) is 0 Å². The van der Waals surface area contributed by atoms with Crippen LogP contribution in [0.2, 0.25) is 0 Å². The molecule has 0 fully saturated rings. The third kappa shape index (κ3) is 3.26. The summed E-state index contributed by atoms with van der Waals surface area (Å²) in [6.45, 7) is 0.223. The smallest absolute Gasteiger partial charge is 0.252 e. The van der Waals surface area contributed by atoms with E-state index in [0.29, 0.717) is 11.3 Å². The predicted octanol–water partition coefficient (Wildman–Crippen LogP) is 5.44. The van der Waals surface area contributed by atoms with Crippen LogP contribution in [0.5, 0.6) is 11.5 Å². The fraction of sp³-hybridized carbons (Fsp3) is 0.185. The number of benzene rings is 3. The van der Waals surface area contributed by atoms with Gasteiger partial charge in [-0.05, 0) is 60.7 Å². The molecule has 4 aromatic rings. The molecule has 0 bridgehead atoms. The first-order valence-corrected chi connectivity index (χ1v) is 10.9. The minimum atomic E-state index is -0.0766. The van der Waals surface area contributed by atoms with Crippen LogP contribution in [0.15, 0.2) is 72.8 Å². The van der Waals surface area contributed by atoms with E-state index in [-0.39, 0.29) is 18.7 Å². The van der Waals surface area contributed by atoms with Crippen LogP contribution >= 0.6 is 0 Å². The van der Waals surface area contributed by atoms with Crippen molar-refractivity contribution in [2.24, 2.45) is 0 Å². The van der Waals surface area contributed by atoms with Crippen molar-refractivity contribution in [1.29, 1.82) is 0 Å². The molecule has 1 amide bonds. The highest BCUT2D eigenvalue weighted by Gasteiger charge is 2.23. The van der Waals surface area contributed by atoms with E-state index in [4.69, 9.17) is 14.5 Å². The van der Waals surface area contributed by atoms with Crippen LogP contribution < -0.4 is 14.8 Å². The summed E-state index contributed by atoms with van der Waals surface area (Å²) in [5.41, 5.74) is 5.59. The molecular formula is C27H22N2O3. The molecule has 1 N–H and O–H groups in total. The number of carbonyl (C=O) groups excluding carboxylic acids is 1. The molecule has 1 aliphatic carbocycles. The van der Waals surface area contributed by atoms with Crippen molar-refractivity contribution in [3.63, 3.8) is 0 Å². The summed E-state index contributed by atoms with van der Waals surface area (Å²) in [5.74, 6) is 1.35. The Kier molecular flexibility index (Phi) is 4.53. The Bertz CT molecular complexity index is 1350. The molecule has 32 heavy (non-hydrogen) atoms. The first-order chi connectivity index (χ1) is 15.8. The largest absolute Gasteiger partial charge is 0.454 e. The number of amides is 1. The average molecular weight is 422 g/mol. The van der Waals surface area contributed by atoms with E-state index in [9.17, 15) is 4.79 Å². The first-order valence-electron chi connectivity index (χ1n) is 10.9. The van der Waals surface area contributed by atoms with Gasteiger partial charge in [-0.2, -0.15) is 0 Å². The van der Waals surface area contributed by atoms with Crippen molar-refractivity contribution in [3.05, 3.63) is 89.5 Å². The Morgan fingerprint density at radius 2 is 1.78 bits per heavy atom. The van der Waals surface area contributed by atoms with Crippen LogP contribution in [0.25, 0.3) is 22.2 Å². The van der Waals surface area contributed by atoms with Gasteiger partial charge in [0.05, 0.1) is 22.8 Å². The summed E-state index contributed by atoms with van der Waals surface area (Å²) in [4.78, 5) is 18.3. The third-order valence-corrected chi connectivity index (χ3v) is 6.30. The SMILES string of the molecule is O=C(N[C@@H]1CCCc2ccccc21)c1cc(-c2ccc3c(c2)OCO3)nc2ccccc12. The highest BCUT2D eigenvalue weighted by atomic mass is 16.7. The maximum atomic E-state index is 13.5. The number of para-hydroxylation sites is 1. The molecule has 2 heterocycles. The number of aromatic nitrogens is 1. The minimum Gasteiger partial charge on any atom is -0.454 e. The lowest BCUT2D eigenvalue weighted by Crippen LogP contribution is -2.31. The second-order valence-corrected chi connectivity index (χ2v) is 8.26. The molecule has 5 heteroatoms. The molecule has 6 rings (SSSR count). The molecule has 0 spiro atoms. The zero-order valence-corrected chi connectivity index (χ0v) is 17.5. The molecule has 1 aromatic heterocycles. The van der Waals surface area contributed by atoms with Crippen molar-refractivity contribution in [1.82, 2.24) is 10.3 Å². The molecule has 0 unspecified atom stereocenters. The molecule has 1 atom stereocenters. The third-order valence-electron chi connectivity index (χ3n) is 6.30.